The number of nitrogens with zero attached hydrogens (tertiary/aromatic N) is 1. The third-order valence-electron chi connectivity index (χ3n) is 3.37. The normalized spacial score (nSPS) is 15.4. The summed E-state index contributed by atoms with van der Waals surface area (Å²) in [7, 11) is 0. The summed E-state index contributed by atoms with van der Waals surface area (Å²) in [5.74, 6) is -0.228. The number of rotatable bonds is 1. The highest BCUT2D eigenvalue weighted by atomic mass is 16.3. The van der Waals surface area contributed by atoms with Crippen molar-refractivity contribution in [3.05, 3.63) is 65.4 Å². The lowest BCUT2D eigenvalue weighted by Crippen LogP contribution is -2.25. The van der Waals surface area contributed by atoms with Crippen LogP contribution in [-0.4, -0.2) is 16.8 Å². The number of ketones is 1. The molecule has 0 radical (unpaired) electrons. The molecule has 2 aromatic carbocycles. The number of phenols is 1. The number of fused-ring (bicyclic) bond motifs is 1. The van der Waals surface area contributed by atoms with Crippen molar-refractivity contribution in [3.63, 3.8) is 0 Å². The van der Waals surface area contributed by atoms with E-state index in [9.17, 15) is 14.7 Å². The fourth-order valence-electron chi connectivity index (χ4n) is 2.43. The summed E-state index contributed by atoms with van der Waals surface area (Å²) in [6.07, 6.45) is 1.66. The van der Waals surface area contributed by atoms with Crippen LogP contribution < -0.4 is 4.90 Å². The molecule has 1 N–H and O–H groups in total. The van der Waals surface area contributed by atoms with Gasteiger partial charge in [-0.05, 0) is 35.9 Å². The first-order valence-electron chi connectivity index (χ1n) is 6.53. The number of hydrogen-bond donors (Lipinski definition) is 1. The number of aromatic hydroxyl groups is 1. The van der Waals surface area contributed by atoms with Gasteiger partial charge in [0.05, 0.1) is 11.4 Å². The van der Waals surface area contributed by atoms with Gasteiger partial charge in [-0.2, -0.15) is 0 Å². The fourth-order valence-corrected chi connectivity index (χ4v) is 2.43. The first-order chi connectivity index (χ1) is 10.1. The molecule has 2 aromatic rings. The maximum absolute atomic E-state index is 12.5. The van der Waals surface area contributed by atoms with Crippen molar-refractivity contribution in [2.24, 2.45) is 0 Å². The van der Waals surface area contributed by atoms with Crippen LogP contribution in [0.1, 0.15) is 22.8 Å². The molecule has 1 amide bonds. The van der Waals surface area contributed by atoms with Gasteiger partial charge in [-0.3, -0.25) is 14.5 Å². The molecular formula is C17H13NO3. The Bertz CT molecular complexity index is 760. The Morgan fingerprint density at radius 2 is 1.76 bits per heavy atom. The molecule has 1 heterocycles. The molecule has 1 aliphatic heterocycles. The minimum atomic E-state index is -0.210. The van der Waals surface area contributed by atoms with E-state index >= 15 is 0 Å². The van der Waals surface area contributed by atoms with Crippen molar-refractivity contribution >= 4 is 23.5 Å². The van der Waals surface area contributed by atoms with Crippen LogP contribution in [0.4, 0.5) is 5.69 Å². The van der Waals surface area contributed by atoms with Gasteiger partial charge in [-0.25, -0.2) is 0 Å². The van der Waals surface area contributed by atoms with Crippen LogP contribution >= 0.6 is 0 Å². The van der Waals surface area contributed by atoms with Crippen molar-refractivity contribution in [2.75, 3.05) is 4.90 Å². The molecule has 1 aliphatic rings. The maximum atomic E-state index is 12.5. The minimum absolute atomic E-state index is 0.154. The van der Waals surface area contributed by atoms with Gasteiger partial charge >= 0.3 is 0 Å². The lowest BCUT2D eigenvalue weighted by Gasteiger charge is -2.15. The standard InChI is InChI=1S/C17H13NO3/c1-11(19)18-15-5-3-2-4-14(15)17(21)16(18)10-12-6-8-13(20)9-7-12/h2-10,20H,1H3/b16-10+. The third-order valence-corrected chi connectivity index (χ3v) is 3.37. The van der Waals surface area contributed by atoms with Crippen LogP contribution in [-0.2, 0) is 4.79 Å². The van der Waals surface area contributed by atoms with Crippen LogP contribution in [0.2, 0.25) is 0 Å². The van der Waals surface area contributed by atoms with E-state index in [1.165, 1.54) is 24.0 Å². The molecule has 0 fully saturated rings. The largest absolute Gasteiger partial charge is 0.508 e. The summed E-state index contributed by atoms with van der Waals surface area (Å²) < 4.78 is 0. The SMILES string of the molecule is CC(=O)N1/C(=C/c2ccc(O)cc2)C(=O)c2ccccc21. The van der Waals surface area contributed by atoms with Crippen LogP contribution in [0.3, 0.4) is 0 Å². The van der Waals surface area contributed by atoms with Crippen molar-refractivity contribution in [3.8, 4) is 5.75 Å². The van der Waals surface area contributed by atoms with Crippen LogP contribution in [0, 0.1) is 0 Å². The topological polar surface area (TPSA) is 57.6 Å². The van der Waals surface area contributed by atoms with Crippen LogP contribution in [0.5, 0.6) is 5.75 Å². The molecule has 0 saturated carbocycles. The zero-order chi connectivity index (χ0) is 15.0. The van der Waals surface area contributed by atoms with Crippen molar-refractivity contribution < 1.29 is 14.7 Å². The smallest absolute Gasteiger partial charge is 0.228 e. The number of hydrogen-bond acceptors (Lipinski definition) is 3. The highest BCUT2D eigenvalue weighted by Gasteiger charge is 2.34. The number of anilines is 1. The first-order valence-corrected chi connectivity index (χ1v) is 6.53. The van der Waals surface area contributed by atoms with E-state index in [-0.39, 0.29) is 17.4 Å². The zero-order valence-corrected chi connectivity index (χ0v) is 11.4. The molecule has 0 bridgehead atoms. The average Bonchev–Trinajstić information content (AvgIpc) is 2.75. The van der Waals surface area contributed by atoms with E-state index in [0.717, 1.165) is 5.56 Å². The van der Waals surface area contributed by atoms with E-state index in [0.29, 0.717) is 16.9 Å². The number of benzene rings is 2. The molecule has 0 aromatic heterocycles. The van der Waals surface area contributed by atoms with Crippen LogP contribution in [0.25, 0.3) is 6.08 Å². The average molecular weight is 279 g/mol. The third kappa shape index (κ3) is 2.21. The predicted molar refractivity (Wildman–Crippen MR) is 80.0 cm³/mol. The highest BCUT2D eigenvalue weighted by molar-refractivity contribution is 6.26. The van der Waals surface area contributed by atoms with Gasteiger partial charge in [0.1, 0.15) is 5.75 Å². The number of para-hydroxylation sites is 1. The Balaban J connectivity index is 2.12. The minimum Gasteiger partial charge on any atom is -0.508 e. The van der Waals surface area contributed by atoms with Gasteiger partial charge in [0.15, 0.2) is 0 Å². The second-order valence-corrected chi connectivity index (χ2v) is 4.82. The van der Waals surface area contributed by atoms with Gasteiger partial charge in [0, 0.05) is 12.5 Å². The number of Topliss-reactive ketones (excluding diaryl/α,β-unsaturated/α-hetero) is 1. The van der Waals surface area contributed by atoms with Crippen molar-refractivity contribution in [1.82, 2.24) is 0 Å². The molecule has 0 atom stereocenters. The lowest BCUT2D eigenvalue weighted by molar-refractivity contribution is -0.116. The van der Waals surface area contributed by atoms with E-state index in [2.05, 4.69) is 0 Å². The molecule has 0 unspecified atom stereocenters. The Morgan fingerprint density at radius 1 is 1.10 bits per heavy atom. The maximum Gasteiger partial charge on any atom is 0.228 e. The van der Waals surface area contributed by atoms with E-state index < -0.39 is 0 Å². The zero-order valence-electron chi connectivity index (χ0n) is 11.4. The highest BCUT2D eigenvalue weighted by Crippen LogP contribution is 2.35. The van der Waals surface area contributed by atoms with Gasteiger partial charge in [0.2, 0.25) is 11.7 Å². The Morgan fingerprint density at radius 3 is 2.43 bits per heavy atom. The van der Waals surface area contributed by atoms with Gasteiger partial charge in [0.25, 0.3) is 0 Å². The van der Waals surface area contributed by atoms with Gasteiger partial charge in [-0.15, -0.1) is 0 Å². The molecule has 0 saturated heterocycles. The monoisotopic (exact) mass is 279 g/mol. The molecule has 104 valence electrons. The summed E-state index contributed by atoms with van der Waals surface area (Å²) in [6, 6.07) is 13.5. The number of allylic oxidation sites excluding steroid dienone is 1. The molecular weight excluding hydrogens is 266 g/mol. The summed E-state index contributed by atoms with van der Waals surface area (Å²) in [4.78, 5) is 25.8. The summed E-state index contributed by atoms with van der Waals surface area (Å²) in [6.45, 7) is 1.43. The van der Waals surface area contributed by atoms with Gasteiger partial charge < -0.3 is 5.11 Å². The molecule has 4 nitrogen and oxygen atoms in total. The summed E-state index contributed by atoms with van der Waals surface area (Å²) in [5, 5.41) is 9.30. The summed E-state index contributed by atoms with van der Waals surface area (Å²) in [5.41, 5.74) is 2.21. The fraction of sp³-hybridized carbons (Fsp3) is 0.0588. The predicted octanol–water partition coefficient (Wildman–Crippen LogP) is 2.98. The second-order valence-electron chi connectivity index (χ2n) is 4.82. The number of amides is 1. The van der Waals surface area contributed by atoms with E-state index in [1.807, 2.05) is 0 Å². The number of carbonyl (C=O) groups is 2. The van der Waals surface area contributed by atoms with Gasteiger partial charge in [-0.1, -0.05) is 24.3 Å². The quantitative estimate of drug-likeness (QED) is 0.816. The summed E-state index contributed by atoms with van der Waals surface area (Å²) >= 11 is 0. The molecule has 3 rings (SSSR count). The molecule has 21 heavy (non-hydrogen) atoms. The first kappa shape index (κ1) is 13.1. The number of carbonyl (C=O) groups excluding carboxylic acids is 2. The van der Waals surface area contributed by atoms with E-state index in [4.69, 9.17) is 0 Å². The molecule has 0 aliphatic carbocycles. The van der Waals surface area contributed by atoms with Crippen LogP contribution in [0.15, 0.2) is 54.2 Å². The second kappa shape index (κ2) is 4.90. The molecule has 0 spiro atoms. The van der Waals surface area contributed by atoms with Crippen molar-refractivity contribution in [2.45, 2.75) is 6.92 Å². The Hall–Kier alpha value is -2.88. The Kier molecular flexibility index (Phi) is 3.06. The van der Waals surface area contributed by atoms with E-state index in [1.54, 1.807) is 42.5 Å². The molecule has 4 heteroatoms. The number of phenolic OH excluding ortho intramolecular Hbond substituents is 1. The lowest BCUT2D eigenvalue weighted by atomic mass is 10.1. The van der Waals surface area contributed by atoms with Crippen molar-refractivity contribution in [1.29, 1.82) is 0 Å². The Labute approximate surface area is 121 Å².